The van der Waals surface area contributed by atoms with Gasteiger partial charge in [-0.1, -0.05) is 12.1 Å². The number of nitrogens with zero attached hydrogens (tertiary/aromatic N) is 2. The molecule has 1 unspecified atom stereocenters. The number of carbonyl (C=O) groups excluding carboxylic acids is 2. The summed E-state index contributed by atoms with van der Waals surface area (Å²) >= 11 is 0. The quantitative estimate of drug-likeness (QED) is 0.635. The van der Waals surface area contributed by atoms with E-state index in [1.807, 2.05) is 6.07 Å². The summed E-state index contributed by atoms with van der Waals surface area (Å²) in [5.74, 6) is -1.78. The monoisotopic (exact) mass is 354 g/mol. The molecule has 7 heteroatoms. The summed E-state index contributed by atoms with van der Waals surface area (Å²) in [4.78, 5) is 23.2. The van der Waals surface area contributed by atoms with E-state index < -0.39 is 17.9 Å². The molecule has 1 aromatic carbocycles. The summed E-state index contributed by atoms with van der Waals surface area (Å²) in [6.07, 6.45) is 1.41. The fraction of sp³-hybridized carbons (Fsp3) is 0.211. The summed E-state index contributed by atoms with van der Waals surface area (Å²) in [7, 11) is 0. The van der Waals surface area contributed by atoms with Gasteiger partial charge < -0.3 is 15.6 Å². The summed E-state index contributed by atoms with van der Waals surface area (Å²) < 4.78 is 15.8. The maximum atomic E-state index is 14.1. The van der Waals surface area contributed by atoms with Gasteiger partial charge in [0.25, 0.3) is 5.91 Å². The van der Waals surface area contributed by atoms with Crippen molar-refractivity contribution < 1.29 is 14.0 Å². The number of aromatic nitrogens is 1. The topological polar surface area (TPSA) is 101 Å². The molecule has 0 spiro atoms. The lowest BCUT2D eigenvalue weighted by Gasteiger charge is -2.11. The minimum absolute atomic E-state index is 0.174. The Kier molecular flexibility index (Phi) is 5.58. The lowest BCUT2D eigenvalue weighted by molar-refractivity contribution is -0.124. The number of nitriles is 1. The smallest absolute Gasteiger partial charge is 0.262 e. The molecule has 3 N–H and O–H groups in total. The first-order valence-corrected chi connectivity index (χ1v) is 7.92. The highest BCUT2D eigenvalue weighted by atomic mass is 19.1. The van der Waals surface area contributed by atoms with Gasteiger partial charge in [-0.2, -0.15) is 5.26 Å². The van der Waals surface area contributed by atoms with E-state index in [0.29, 0.717) is 16.9 Å². The molecule has 1 heterocycles. The molecule has 6 nitrogen and oxygen atoms in total. The van der Waals surface area contributed by atoms with Gasteiger partial charge >= 0.3 is 0 Å². The Morgan fingerprint density at radius 2 is 2.00 bits per heavy atom. The molecule has 0 radical (unpaired) electrons. The Morgan fingerprint density at radius 3 is 2.58 bits per heavy atom. The SMILES string of the molecule is Cc1cc(C=C(C#N)C(=O)NC(C)C(N)=O)c(C)n1-c1ccccc1F. The van der Waals surface area contributed by atoms with Gasteiger partial charge in [0.2, 0.25) is 5.91 Å². The van der Waals surface area contributed by atoms with Crippen LogP contribution in [-0.4, -0.2) is 22.4 Å². The van der Waals surface area contributed by atoms with Crippen LogP contribution in [0.1, 0.15) is 23.9 Å². The van der Waals surface area contributed by atoms with Gasteiger partial charge in [-0.25, -0.2) is 4.39 Å². The molecule has 0 saturated heterocycles. The van der Waals surface area contributed by atoms with Crippen LogP contribution in [0.4, 0.5) is 4.39 Å². The number of rotatable bonds is 5. The molecule has 0 aliphatic heterocycles. The predicted molar refractivity (Wildman–Crippen MR) is 95.6 cm³/mol. The van der Waals surface area contributed by atoms with Crippen molar-refractivity contribution in [3.63, 3.8) is 0 Å². The molecule has 26 heavy (non-hydrogen) atoms. The van der Waals surface area contributed by atoms with E-state index in [4.69, 9.17) is 5.73 Å². The highest BCUT2D eigenvalue weighted by Crippen LogP contribution is 2.24. The Labute approximate surface area is 150 Å². The molecule has 0 fully saturated rings. The van der Waals surface area contributed by atoms with Gasteiger partial charge in [-0.05, 0) is 50.6 Å². The van der Waals surface area contributed by atoms with Crippen LogP contribution in [0, 0.1) is 31.0 Å². The molecular weight excluding hydrogens is 335 g/mol. The number of nitrogens with one attached hydrogen (secondary N) is 1. The number of para-hydroxylation sites is 1. The van der Waals surface area contributed by atoms with Crippen molar-refractivity contribution in [1.29, 1.82) is 5.26 Å². The van der Waals surface area contributed by atoms with Crippen molar-refractivity contribution in [1.82, 2.24) is 9.88 Å². The number of hydrogen-bond donors (Lipinski definition) is 2. The summed E-state index contributed by atoms with van der Waals surface area (Å²) in [5.41, 5.74) is 7.35. The molecule has 0 aliphatic rings. The van der Waals surface area contributed by atoms with E-state index in [-0.39, 0.29) is 11.4 Å². The molecule has 0 saturated carbocycles. The first-order valence-electron chi connectivity index (χ1n) is 7.92. The van der Waals surface area contributed by atoms with Crippen LogP contribution in [0.25, 0.3) is 11.8 Å². The predicted octanol–water partition coefficient (Wildman–Crippen LogP) is 2.13. The van der Waals surface area contributed by atoms with E-state index in [2.05, 4.69) is 5.32 Å². The zero-order chi connectivity index (χ0) is 19.4. The summed E-state index contributed by atoms with van der Waals surface area (Å²) in [6, 6.07) is 9.01. The van der Waals surface area contributed by atoms with Crippen molar-refractivity contribution in [3.05, 3.63) is 58.7 Å². The Balaban J connectivity index is 2.43. The summed E-state index contributed by atoms with van der Waals surface area (Å²) in [6.45, 7) is 5.00. The lowest BCUT2D eigenvalue weighted by Crippen LogP contribution is -2.42. The third-order valence-electron chi connectivity index (χ3n) is 4.00. The zero-order valence-corrected chi connectivity index (χ0v) is 14.7. The van der Waals surface area contributed by atoms with E-state index in [9.17, 15) is 19.2 Å². The fourth-order valence-electron chi connectivity index (χ4n) is 2.59. The van der Waals surface area contributed by atoms with Crippen LogP contribution < -0.4 is 11.1 Å². The molecule has 134 valence electrons. The Morgan fingerprint density at radius 1 is 1.35 bits per heavy atom. The van der Waals surface area contributed by atoms with Gasteiger partial charge in [0.05, 0.1) is 5.69 Å². The van der Waals surface area contributed by atoms with Crippen LogP contribution in [0.3, 0.4) is 0 Å². The van der Waals surface area contributed by atoms with Crippen LogP contribution in [0.15, 0.2) is 35.9 Å². The first-order chi connectivity index (χ1) is 12.3. The highest BCUT2D eigenvalue weighted by molar-refractivity contribution is 6.03. The standard InChI is InChI=1S/C19H19FN4O2/c1-11-8-14(9-15(10-21)19(26)23-12(2)18(22)25)13(3)24(11)17-7-5-4-6-16(17)20/h4-9,12H,1-3H3,(H2,22,25)(H,23,26). The van der Waals surface area contributed by atoms with E-state index in [0.717, 1.165) is 5.69 Å². The van der Waals surface area contributed by atoms with Crippen LogP contribution >= 0.6 is 0 Å². The van der Waals surface area contributed by atoms with Crippen molar-refractivity contribution in [2.45, 2.75) is 26.8 Å². The van der Waals surface area contributed by atoms with Crippen LogP contribution in [-0.2, 0) is 9.59 Å². The van der Waals surface area contributed by atoms with Gasteiger partial charge in [0.15, 0.2) is 0 Å². The normalized spacial score (nSPS) is 12.3. The molecule has 0 aliphatic carbocycles. The zero-order valence-electron chi connectivity index (χ0n) is 14.7. The van der Waals surface area contributed by atoms with Gasteiger partial charge in [-0.3, -0.25) is 9.59 Å². The van der Waals surface area contributed by atoms with Gasteiger partial charge in [0.1, 0.15) is 23.5 Å². The highest BCUT2D eigenvalue weighted by Gasteiger charge is 2.18. The molecule has 2 aromatic rings. The molecule has 1 atom stereocenters. The third kappa shape index (κ3) is 3.81. The van der Waals surface area contributed by atoms with E-state index in [1.54, 1.807) is 42.7 Å². The average molecular weight is 354 g/mol. The van der Waals surface area contributed by atoms with Crippen LogP contribution in [0.2, 0.25) is 0 Å². The second-order valence-corrected chi connectivity index (χ2v) is 5.88. The van der Waals surface area contributed by atoms with Crippen molar-refractivity contribution in [3.8, 4) is 11.8 Å². The minimum atomic E-state index is -0.898. The van der Waals surface area contributed by atoms with E-state index >= 15 is 0 Å². The number of hydrogen-bond acceptors (Lipinski definition) is 3. The second-order valence-electron chi connectivity index (χ2n) is 5.88. The molecule has 0 bridgehead atoms. The van der Waals surface area contributed by atoms with Gasteiger partial charge in [-0.15, -0.1) is 0 Å². The fourth-order valence-corrected chi connectivity index (χ4v) is 2.59. The second kappa shape index (κ2) is 7.66. The maximum absolute atomic E-state index is 14.1. The number of aryl methyl sites for hydroxylation is 1. The Bertz CT molecular complexity index is 938. The molecule has 1 aromatic heterocycles. The number of primary amides is 1. The maximum Gasteiger partial charge on any atom is 0.262 e. The molecule has 2 rings (SSSR count). The van der Waals surface area contributed by atoms with Crippen LogP contribution in [0.5, 0.6) is 0 Å². The molecule has 2 amide bonds. The summed E-state index contributed by atoms with van der Waals surface area (Å²) in [5, 5.41) is 11.6. The number of nitrogens with two attached hydrogens (primary N) is 1. The third-order valence-corrected chi connectivity index (χ3v) is 4.00. The first kappa shape index (κ1) is 18.9. The lowest BCUT2D eigenvalue weighted by atomic mass is 10.1. The van der Waals surface area contributed by atoms with Crippen molar-refractivity contribution in [2.24, 2.45) is 5.73 Å². The van der Waals surface area contributed by atoms with E-state index in [1.165, 1.54) is 19.1 Å². The Hall–Kier alpha value is -3.40. The number of amides is 2. The number of halogens is 1. The average Bonchev–Trinajstić information content (AvgIpc) is 2.86. The van der Waals surface area contributed by atoms with Crippen molar-refractivity contribution >= 4 is 17.9 Å². The largest absolute Gasteiger partial charge is 0.368 e. The number of benzene rings is 1. The van der Waals surface area contributed by atoms with Crippen molar-refractivity contribution in [2.75, 3.05) is 0 Å². The minimum Gasteiger partial charge on any atom is -0.368 e. The molecular formula is C19H19FN4O2. The van der Waals surface area contributed by atoms with Gasteiger partial charge in [0, 0.05) is 11.4 Å². The number of carbonyl (C=O) groups is 2.